The number of hydrogen-bond acceptors (Lipinski definition) is 4. The normalized spacial score (nSPS) is 15.6. The van der Waals surface area contributed by atoms with Crippen molar-refractivity contribution in [2.45, 2.75) is 12.8 Å². The zero-order valence-electron chi connectivity index (χ0n) is 14.2. The second-order valence-corrected chi connectivity index (χ2v) is 6.34. The van der Waals surface area contributed by atoms with Gasteiger partial charge in [-0.3, -0.25) is 9.78 Å². The Morgan fingerprint density at radius 3 is 2.52 bits per heavy atom. The first-order chi connectivity index (χ1) is 12.1. The molecule has 0 unspecified atom stereocenters. The van der Waals surface area contributed by atoms with Crippen molar-refractivity contribution in [2.24, 2.45) is 5.92 Å². The van der Waals surface area contributed by atoms with Crippen LogP contribution in [0.3, 0.4) is 0 Å². The molecule has 6 heteroatoms. The predicted octanol–water partition coefficient (Wildman–Crippen LogP) is 3.25. The number of nitrogens with one attached hydrogen (secondary N) is 2. The number of Topliss-reactive ketones (excluding diaryl/α,β-unsaturated/α-hetero) is 1. The molecule has 130 valence electrons. The number of pyridine rings is 1. The Morgan fingerprint density at radius 2 is 1.80 bits per heavy atom. The molecule has 25 heavy (non-hydrogen) atoms. The van der Waals surface area contributed by atoms with Gasteiger partial charge < -0.3 is 15.5 Å². The Kier molecular flexibility index (Phi) is 5.40. The number of piperidine rings is 1. The Bertz CT molecular complexity index is 740. The minimum atomic E-state index is -0.364. The zero-order chi connectivity index (χ0) is 17.6. The average Bonchev–Trinajstić information content (AvgIpc) is 2.63. The highest BCUT2D eigenvalue weighted by Gasteiger charge is 2.24. The summed E-state index contributed by atoms with van der Waals surface area (Å²) in [6, 6.07) is 10.3. The van der Waals surface area contributed by atoms with E-state index in [1.54, 1.807) is 42.7 Å². The number of urea groups is 1. The van der Waals surface area contributed by atoms with E-state index >= 15 is 0 Å². The molecule has 2 amide bonds. The highest BCUT2D eigenvalue weighted by molar-refractivity contribution is 6.02. The highest BCUT2D eigenvalue weighted by Crippen LogP contribution is 2.22. The molecule has 6 nitrogen and oxygen atoms in total. The second-order valence-electron chi connectivity index (χ2n) is 6.34. The standard InChI is InChI=1S/C19H22N4O2/c1-23-10-7-14(8-11-23)18(24)15-4-2-5-16(12-15)21-19(25)22-17-6-3-9-20-13-17/h2-6,9,12-14H,7-8,10-11H2,1H3,(H2,21,22,25). The molecule has 0 saturated carbocycles. The molecule has 2 N–H and O–H groups in total. The number of nitrogens with zero attached hydrogens (tertiary/aromatic N) is 2. The predicted molar refractivity (Wildman–Crippen MR) is 97.9 cm³/mol. The fraction of sp³-hybridized carbons (Fsp3) is 0.316. The fourth-order valence-electron chi connectivity index (χ4n) is 2.99. The van der Waals surface area contributed by atoms with E-state index in [-0.39, 0.29) is 17.7 Å². The number of hydrogen-bond donors (Lipinski definition) is 2. The van der Waals surface area contributed by atoms with Gasteiger partial charge >= 0.3 is 6.03 Å². The van der Waals surface area contributed by atoms with E-state index in [4.69, 9.17) is 0 Å². The van der Waals surface area contributed by atoms with Crippen LogP contribution in [0.25, 0.3) is 0 Å². The minimum absolute atomic E-state index is 0.0654. The monoisotopic (exact) mass is 338 g/mol. The molecule has 1 aromatic carbocycles. The Balaban J connectivity index is 1.63. The van der Waals surface area contributed by atoms with Crippen molar-refractivity contribution in [3.8, 4) is 0 Å². The lowest BCUT2D eigenvalue weighted by atomic mass is 9.89. The van der Waals surface area contributed by atoms with Gasteiger partial charge in [0.15, 0.2) is 5.78 Å². The van der Waals surface area contributed by atoms with Crippen LogP contribution in [0.4, 0.5) is 16.2 Å². The molecular weight excluding hydrogens is 316 g/mol. The van der Waals surface area contributed by atoms with Crippen molar-refractivity contribution in [1.29, 1.82) is 0 Å². The first-order valence-electron chi connectivity index (χ1n) is 8.42. The quantitative estimate of drug-likeness (QED) is 0.839. The van der Waals surface area contributed by atoms with Crippen molar-refractivity contribution < 1.29 is 9.59 Å². The van der Waals surface area contributed by atoms with Crippen LogP contribution in [0, 0.1) is 5.92 Å². The maximum absolute atomic E-state index is 12.7. The van der Waals surface area contributed by atoms with Crippen LogP contribution in [0.5, 0.6) is 0 Å². The molecule has 3 rings (SSSR count). The number of rotatable bonds is 4. The zero-order valence-corrected chi connectivity index (χ0v) is 14.2. The highest BCUT2D eigenvalue weighted by atomic mass is 16.2. The van der Waals surface area contributed by atoms with E-state index in [0.29, 0.717) is 16.9 Å². The van der Waals surface area contributed by atoms with E-state index in [1.807, 2.05) is 6.07 Å². The molecule has 0 radical (unpaired) electrons. The van der Waals surface area contributed by atoms with E-state index in [0.717, 1.165) is 25.9 Å². The number of anilines is 2. The lowest BCUT2D eigenvalue weighted by Crippen LogP contribution is -2.33. The smallest absolute Gasteiger partial charge is 0.308 e. The molecule has 1 aromatic heterocycles. The number of carbonyl (C=O) groups excluding carboxylic acids is 2. The largest absolute Gasteiger partial charge is 0.323 e. The van der Waals surface area contributed by atoms with Gasteiger partial charge in [0.25, 0.3) is 0 Å². The van der Waals surface area contributed by atoms with E-state index < -0.39 is 0 Å². The second kappa shape index (κ2) is 7.90. The first-order valence-corrected chi connectivity index (χ1v) is 8.42. The van der Waals surface area contributed by atoms with Crippen LogP contribution in [-0.2, 0) is 0 Å². The van der Waals surface area contributed by atoms with Gasteiger partial charge in [0.2, 0.25) is 0 Å². The molecule has 0 spiro atoms. The topological polar surface area (TPSA) is 74.3 Å². The van der Waals surface area contributed by atoms with Gasteiger partial charge in [-0.15, -0.1) is 0 Å². The molecule has 0 aliphatic carbocycles. The Hall–Kier alpha value is -2.73. The molecule has 2 aromatic rings. The van der Waals surface area contributed by atoms with Gasteiger partial charge in [0, 0.05) is 23.4 Å². The summed E-state index contributed by atoms with van der Waals surface area (Å²) in [5, 5.41) is 5.46. The molecule has 1 saturated heterocycles. The van der Waals surface area contributed by atoms with Crippen LogP contribution < -0.4 is 10.6 Å². The molecular formula is C19H22N4O2. The number of aromatic nitrogens is 1. The molecule has 1 fully saturated rings. The molecule has 0 bridgehead atoms. The summed E-state index contributed by atoms with van der Waals surface area (Å²) < 4.78 is 0. The lowest BCUT2D eigenvalue weighted by Gasteiger charge is -2.28. The number of amides is 2. The van der Waals surface area contributed by atoms with Crippen LogP contribution in [0.15, 0.2) is 48.8 Å². The summed E-state index contributed by atoms with van der Waals surface area (Å²) in [4.78, 5) is 30.9. The molecule has 1 aliphatic heterocycles. The number of ketones is 1. The van der Waals surface area contributed by atoms with Crippen molar-refractivity contribution >= 4 is 23.2 Å². The molecule has 1 aliphatic rings. The Morgan fingerprint density at radius 1 is 1.08 bits per heavy atom. The van der Waals surface area contributed by atoms with Crippen molar-refractivity contribution in [3.05, 3.63) is 54.4 Å². The van der Waals surface area contributed by atoms with Crippen molar-refractivity contribution in [3.63, 3.8) is 0 Å². The van der Waals surface area contributed by atoms with Gasteiger partial charge in [-0.25, -0.2) is 4.79 Å². The molecule has 2 heterocycles. The average molecular weight is 338 g/mol. The third-order valence-corrected chi connectivity index (χ3v) is 4.41. The third-order valence-electron chi connectivity index (χ3n) is 4.41. The summed E-state index contributed by atoms with van der Waals surface area (Å²) in [5.41, 5.74) is 1.85. The van der Waals surface area contributed by atoms with Gasteiger partial charge in [-0.05, 0) is 57.2 Å². The fourth-order valence-corrected chi connectivity index (χ4v) is 2.99. The van der Waals surface area contributed by atoms with E-state index in [1.165, 1.54) is 0 Å². The number of carbonyl (C=O) groups is 2. The van der Waals surface area contributed by atoms with Gasteiger partial charge in [0.1, 0.15) is 0 Å². The SMILES string of the molecule is CN1CCC(C(=O)c2cccc(NC(=O)Nc3cccnc3)c2)CC1. The summed E-state index contributed by atoms with van der Waals surface area (Å²) in [6.45, 7) is 1.89. The van der Waals surface area contributed by atoms with Crippen LogP contribution >= 0.6 is 0 Å². The van der Waals surface area contributed by atoms with Crippen molar-refractivity contribution in [1.82, 2.24) is 9.88 Å². The van der Waals surface area contributed by atoms with Crippen LogP contribution in [-0.4, -0.2) is 41.8 Å². The summed E-state index contributed by atoms with van der Waals surface area (Å²) in [7, 11) is 2.08. The summed E-state index contributed by atoms with van der Waals surface area (Å²) in [5.74, 6) is 0.222. The van der Waals surface area contributed by atoms with Crippen LogP contribution in [0.1, 0.15) is 23.2 Å². The van der Waals surface area contributed by atoms with E-state index in [9.17, 15) is 9.59 Å². The Labute approximate surface area is 147 Å². The molecule has 0 atom stereocenters. The minimum Gasteiger partial charge on any atom is -0.308 e. The number of benzene rings is 1. The van der Waals surface area contributed by atoms with Crippen molar-refractivity contribution in [2.75, 3.05) is 30.8 Å². The van der Waals surface area contributed by atoms with Gasteiger partial charge in [-0.1, -0.05) is 12.1 Å². The third kappa shape index (κ3) is 4.64. The summed E-state index contributed by atoms with van der Waals surface area (Å²) >= 11 is 0. The number of likely N-dealkylation sites (tertiary alicyclic amines) is 1. The van der Waals surface area contributed by atoms with E-state index in [2.05, 4.69) is 27.6 Å². The van der Waals surface area contributed by atoms with Gasteiger partial charge in [0.05, 0.1) is 11.9 Å². The first kappa shape index (κ1) is 17.1. The summed E-state index contributed by atoms with van der Waals surface area (Å²) in [6.07, 6.45) is 4.98. The lowest BCUT2D eigenvalue weighted by molar-refractivity contribution is 0.0857. The van der Waals surface area contributed by atoms with Crippen LogP contribution in [0.2, 0.25) is 0 Å². The maximum atomic E-state index is 12.7. The van der Waals surface area contributed by atoms with Gasteiger partial charge in [-0.2, -0.15) is 0 Å². The maximum Gasteiger partial charge on any atom is 0.323 e.